The van der Waals surface area contributed by atoms with Gasteiger partial charge in [-0.3, -0.25) is 4.90 Å². The topological polar surface area (TPSA) is 61.0 Å². The van der Waals surface area contributed by atoms with E-state index in [1.807, 2.05) is 0 Å². The summed E-state index contributed by atoms with van der Waals surface area (Å²) in [6.45, 7) is 3.91. The molecule has 2 N–H and O–H groups in total. The zero-order chi connectivity index (χ0) is 6.53. The van der Waals surface area contributed by atoms with Crippen LogP contribution in [-0.4, -0.2) is 49.5 Å². The van der Waals surface area contributed by atoms with Gasteiger partial charge in [-0.25, -0.2) is 0 Å². The van der Waals surface area contributed by atoms with E-state index in [9.17, 15) is 4.79 Å². The van der Waals surface area contributed by atoms with Crippen LogP contribution in [0.3, 0.4) is 0 Å². The Labute approximate surface area is 60.1 Å². The van der Waals surface area contributed by atoms with Gasteiger partial charge in [0.05, 0.1) is 19.8 Å². The van der Waals surface area contributed by atoms with Crippen molar-refractivity contribution < 1.29 is 15.0 Å². The van der Waals surface area contributed by atoms with Crippen molar-refractivity contribution >= 4 is 6.29 Å². The van der Waals surface area contributed by atoms with Gasteiger partial charge in [-0.1, -0.05) is 0 Å². The molecule has 0 bridgehead atoms. The summed E-state index contributed by atoms with van der Waals surface area (Å²) >= 11 is 0. The highest BCUT2D eigenvalue weighted by Crippen LogP contribution is 1.93. The first-order valence-electron chi connectivity index (χ1n) is 3.17. The van der Waals surface area contributed by atoms with Crippen molar-refractivity contribution in [3.8, 4) is 0 Å². The summed E-state index contributed by atoms with van der Waals surface area (Å²) in [5.41, 5.74) is 0. The second-order valence-corrected chi connectivity index (χ2v) is 2.08. The molecule has 1 aliphatic rings. The van der Waals surface area contributed by atoms with Crippen molar-refractivity contribution in [1.29, 1.82) is 0 Å². The average molecular weight is 147 g/mol. The summed E-state index contributed by atoms with van der Waals surface area (Å²) < 4.78 is 5.09. The summed E-state index contributed by atoms with van der Waals surface area (Å²) in [7, 11) is 0. The van der Waals surface area contributed by atoms with Crippen LogP contribution in [0.5, 0.6) is 0 Å². The predicted octanol–water partition coefficient (Wildman–Crippen LogP) is -1.31. The predicted molar refractivity (Wildman–Crippen MR) is 36.9 cm³/mol. The van der Waals surface area contributed by atoms with Crippen molar-refractivity contribution in [1.82, 2.24) is 4.90 Å². The third-order valence-corrected chi connectivity index (χ3v) is 1.44. The van der Waals surface area contributed by atoms with Crippen LogP contribution in [0, 0.1) is 0 Å². The summed E-state index contributed by atoms with van der Waals surface area (Å²) in [5, 5.41) is 0. The third-order valence-electron chi connectivity index (χ3n) is 1.44. The Bertz CT molecular complexity index is 91.0. The van der Waals surface area contributed by atoms with Crippen molar-refractivity contribution in [2.75, 3.05) is 32.8 Å². The summed E-state index contributed by atoms with van der Waals surface area (Å²) in [4.78, 5) is 12.1. The molecule has 4 heteroatoms. The SMILES string of the molecule is O.O=CCN1CCOCC1. The van der Waals surface area contributed by atoms with E-state index in [4.69, 9.17) is 4.74 Å². The van der Waals surface area contributed by atoms with E-state index in [0.717, 1.165) is 32.6 Å². The van der Waals surface area contributed by atoms with Crippen LogP contribution in [-0.2, 0) is 9.53 Å². The number of hydrogen-bond donors (Lipinski definition) is 0. The maximum Gasteiger partial charge on any atom is 0.133 e. The first-order chi connectivity index (χ1) is 4.43. The minimum atomic E-state index is 0. The molecule has 0 atom stereocenters. The summed E-state index contributed by atoms with van der Waals surface area (Å²) in [5.74, 6) is 0. The molecule has 0 amide bonds. The molecule has 1 aliphatic heterocycles. The van der Waals surface area contributed by atoms with Gasteiger partial charge < -0.3 is 15.0 Å². The molecule has 0 aromatic carbocycles. The summed E-state index contributed by atoms with van der Waals surface area (Å²) in [6.07, 6.45) is 0.936. The lowest BCUT2D eigenvalue weighted by Gasteiger charge is -2.23. The van der Waals surface area contributed by atoms with Crippen molar-refractivity contribution in [3.63, 3.8) is 0 Å². The molecule has 4 nitrogen and oxygen atoms in total. The smallest absolute Gasteiger partial charge is 0.133 e. The van der Waals surface area contributed by atoms with Crippen LogP contribution < -0.4 is 0 Å². The van der Waals surface area contributed by atoms with Crippen LogP contribution in [0.1, 0.15) is 0 Å². The molecular weight excluding hydrogens is 134 g/mol. The second-order valence-electron chi connectivity index (χ2n) is 2.08. The lowest BCUT2D eigenvalue weighted by atomic mass is 10.4. The molecule has 1 fully saturated rings. The first kappa shape index (κ1) is 9.55. The molecule has 0 aromatic rings. The fraction of sp³-hybridized carbons (Fsp3) is 0.833. The molecular formula is C6H13NO3. The van der Waals surface area contributed by atoms with Gasteiger partial charge in [0.1, 0.15) is 6.29 Å². The highest BCUT2D eigenvalue weighted by molar-refractivity contribution is 5.51. The van der Waals surface area contributed by atoms with E-state index in [1.54, 1.807) is 0 Å². The molecule has 1 rings (SSSR count). The number of carbonyl (C=O) groups excluding carboxylic acids is 1. The van der Waals surface area contributed by atoms with Crippen LogP contribution >= 0.6 is 0 Å². The van der Waals surface area contributed by atoms with E-state index >= 15 is 0 Å². The fourth-order valence-corrected chi connectivity index (χ4v) is 0.889. The molecule has 10 heavy (non-hydrogen) atoms. The zero-order valence-corrected chi connectivity index (χ0v) is 5.88. The highest BCUT2D eigenvalue weighted by atomic mass is 16.5. The minimum Gasteiger partial charge on any atom is -0.412 e. The Kier molecular flexibility index (Phi) is 5.10. The number of carbonyl (C=O) groups is 1. The molecule has 0 aliphatic carbocycles. The number of nitrogens with zero attached hydrogens (tertiary/aromatic N) is 1. The van der Waals surface area contributed by atoms with Gasteiger partial charge >= 0.3 is 0 Å². The van der Waals surface area contributed by atoms with Gasteiger partial charge in [0.25, 0.3) is 0 Å². The van der Waals surface area contributed by atoms with Gasteiger partial charge in [0, 0.05) is 13.1 Å². The molecule has 0 saturated carbocycles. The average Bonchev–Trinajstić information content (AvgIpc) is 1.91. The number of ether oxygens (including phenoxy) is 1. The Morgan fingerprint density at radius 1 is 1.40 bits per heavy atom. The molecule has 0 spiro atoms. The van der Waals surface area contributed by atoms with Crippen LogP contribution in [0.15, 0.2) is 0 Å². The second kappa shape index (κ2) is 5.34. The Hall–Kier alpha value is -0.450. The standard InChI is InChI=1S/C6H11NO2.H2O/c8-4-1-7-2-5-9-6-3-7;/h4H,1-3,5-6H2;1H2. The number of aldehydes is 1. The van der Waals surface area contributed by atoms with E-state index in [0.29, 0.717) is 6.54 Å². The largest absolute Gasteiger partial charge is 0.412 e. The minimum absolute atomic E-state index is 0. The quantitative estimate of drug-likeness (QED) is 0.456. The van der Waals surface area contributed by atoms with Gasteiger partial charge in [-0.2, -0.15) is 0 Å². The molecule has 60 valence electrons. The number of hydrogen-bond acceptors (Lipinski definition) is 3. The van der Waals surface area contributed by atoms with E-state index in [1.165, 1.54) is 0 Å². The number of morpholine rings is 1. The Morgan fingerprint density at radius 3 is 2.50 bits per heavy atom. The molecule has 1 saturated heterocycles. The van der Waals surface area contributed by atoms with Crippen LogP contribution in [0.2, 0.25) is 0 Å². The number of rotatable bonds is 2. The van der Waals surface area contributed by atoms with Crippen molar-refractivity contribution in [3.05, 3.63) is 0 Å². The highest BCUT2D eigenvalue weighted by Gasteiger charge is 2.07. The Morgan fingerprint density at radius 2 is 2.00 bits per heavy atom. The first-order valence-corrected chi connectivity index (χ1v) is 3.17. The van der Waals surface area contributed by atoms with E-state index in [-0.39, 0.29) is 5.48 Å². The maximum absolute atomic E-state index is 9.99. The lowest BCUT2D eigenvalue weighted by Crippen LogP contribution is -2.37. The third kappa shape index (κ3) is 2.91. The Balaban J connectivity index is 0.000000810. The van der Waals surface area contributed by atoms with Gasteiger partial charge in [-0.15, -0.1) is 0 Å². The van der Waals surface area contributed by atoms with Gasteiger partial charge in [0.2, 0.25) is 0 Å². The van der Waals surface area contributed by atoms with Crippen molar-refractivity contribution in [2.45, 2.75) is 0 Å². The monoisotopic (exact) mass is 147 g/mol. The van der Waals surface area contributed by atoms with E-state index < -0.39 is 0 Å². The molecule has 0 radical (unpaired) electrons. The summed E-state index contributed by atoms with van der Waals surface area (Å²) in [6, 6.07) is 0. The molecule has 0 aromatic heterocycles. The van der Waals surface area contributed by atoms with Crippen molar-refractivity contribution in [2.24, 2.45) is 0 Å². The molecule has 1 heterocycles. The maximum atomic E-state index is 9.99. The van der Waals surface area contributed by atoms with Gasteiger partial charge in [0.15, 0.2) is 0 Å². The molecule has 0 unspecified atom stereocenters. The van der Waals surface area contributed by atoms with Gasteiger partial charge in [-0.05, 0) is 0 Å². The normalized spacial score (nSPS) is 19.6. The van der Waals surface area contributed by atoms with E-state index in [2.05, 4.69) is 4.90 Å². The zero-order valence-electron chi connectivity index (χ0n) is 5.88. The van der Waals surface area contributed by atoms with Crippen LogP contribution in [0.25, 0.3) is 0 Å². The lowest BCUT2D eigenvalue weighted by molar-refractivity contribution is -0.109. The fourth-order valence-electron chi connectivity index (χ4n) is 0.889. The van der Waals surface area contributed by atoms with Crippen LogP contribution in [0.4, 0.5) is 0 Å².